The highest BCUT2D eigenvalue weighted by atomic mass is 19.1. The molecule has 2 heterocycles. The van der Waals surface area contributed by atoms with Crippen molar-refractivity contribution < 1.29 is 9.13 Å². The van der Waals surface area contributed by atoms with Gasteiger partial charge in [0, 0.05) is 31.7 Å². The number of ether oxygens (including phenoxy) is 1. The van der Waals surface area contributed by atoms with Crippen molar-refractivity contribution in [1.29, 1.82) is 0 Å². The third-order valence-corrected chi connectivity index (χ3v) is 5.14. The van der Waals surface area contributed by atoms with E-state index in [9.17, 15) is 4.39 Å². The van der Waals surface area contributed by atoms with Gasteiger partial charge >= 0.3 is 0 Å². The summed E-state index contributed by atoms with van der Waals surface area (Å²) in [6.07, 6.45) is 3.27. The molecular weight excluding hydrogens is 291 g/mol. The van der Waals surface area contributed by atoms with Gasteiger partial charge in [-0.2, -0.15) is 0 Å². The summed E-state index contributed by atoms with van der Waals surface area (Å²) in [6.45, 7) is 10.2. The maximum atomic E-state index is 14.1. The Kier molecular flexibility index (Phi) is 5.67. The zero-order chi connectivity index (χ0) is 16.2. The van der Waals surface area contributed by atoms with Gasteiger partial charge in [-0.25, -0.2) is 4.39 Å². The van der Waals surface area contributed by atoms with Gasteiger partial charge in [0.25, 0.3) is 0 Å². The maximum Gasteiger partial charge on any atom is 0.123 e. The Labute approximate surface area is 139 Å². The van der Waals surface area contributed by atoms with Gasteiger partial charge in [0.2, 0.25) is 0 Å². The molecule has 1 aromatic carbocycles. The van der Waals surface area contributed by atoms with Crippen molar-refractivity contribution in [2.75, 3.05) is 39.4 Å². The van der Waals surface area contributed by atoms with E-state index in [2.05, 4.69) is 29.7 Å². The Morgan fingerprint density at radius 1 is 1.17 bits per heavy atom. The highest BCUT2D eigenvalue weighted by Gasteiger charge is 2.28. The fraction of sp³-hybridized carbons (Fsp3) is 0.684. The van der Waals surface area contributed by atoms with E-state index in [0.717, 1.165) is 63.4 Å². The van der Waals surface area contributed by atoms with E-state index in [-0.39, 0.29) is 5.82 Å². The lowest BCUT2D eigenvalue weighted by Gasteiger charge is -2.29. The van der Waals surface area contributed by atoms with Crippen LogP contribution in [0.2, 0.25) is 0 Å². The first-order valence-corrected chi connectivity index (χ1v) is 8.98. The summed E-state index contributed by atoms with van der Waals surface area (Å²) in [5.41, 5.74) is 2.29. The summed E-state index contributed by atoms with van der Waals surface area (Å²) < 4.78 is 19.5. The van der Waals surface area contributed by atoms with Crippen LogP contribution in [0.5, 0.6) is 0 Å². The van der Waals surface area contributed by atoms with E-state index in [1.807, 2.05) is 0 Å². The molecule has 2 aliphatic heterocycles. The zero-order valence-corrected chi connectivity index (χ0v) is 14.4. The number of halogens is 1. The second-order valence-electron chi connectivity index (χ2n) is 7.09. The Hall–Kier alpha value is -0.970. The molecule has 1 atom stereocenters. The van der Waals surface area contributed by atoms with Crippen molar-refractivity contribution in [1.82, 2.24) is 9.80 Å². The van der Waals surface area contributed by atoms with Crippen molar-refractivity contribution in [3.63, 3.8) is 0 Å². The molecule has 0 spiro atoms. The molecule has 2 aliphatic rings. The molecule has 2 fully saturated rings. The SMILES string of the molecule is CC(C)N1CCCC1c1cc(F)cc(CCN2CCOCC2)c1. The van der Waals surface area contributed by atoms with Crippen molar-refractivity contribution in [2.45, 2.75) is 45.2 Å². The highest BCUT2D eigenvalue weighted by molar-refractivity contribution is 5.28. The van der Waals surface area contributed by atoms with Gasteiger partial charge in [-0.1, -0.05) is 6.07 Å². The number of rotatable bonds is 5. The Bertz CT molecular complexity index is 514. The first-order chi connectivity index (χ1) is 11.1. The smallest absolute Gasteiger partial charge is 0.123 e. The number of nitrogens with zero attached hydrogens (tertiary/aromatic N) is 2. The standard InChI is InChI=1S/C19H29FN2O/c1-15(2)22-6-3-4-19(22)17-12-16(13-18(20)14-17)5-7-21-8-10-23-11-9-21/h12-15,19H,3-11H2,1-2H3. The van der Waals surface area contributed by atoms with E-state index >= 15 is 0 Å². The molecule has 3 nitrogen and oxygen atoms in total. The first kappa shape index (κ1) is 16.9. The van der Waals surface area contributed by atoms with Gasteiger partial charge in [-0.15, -0.1) is 0 Å². The molecule has 0 aliphatic carbocycles. The Morgan fingerprint density at radius 2 is 1.96 bits per heavy atom. The van der Waals surface area contributed by atoms with Gasteiger partial charge in [0.05, 0.1) is 13.2 Å². The van der Waals surface area contributed by atoms with Crippen molar-refractivity contribution in [3.05, 3.63) is 35.1 Å². The fourth-order valence-electron chi connectivity index (χ4n) is 3.89. The lowest BCUT2D eigenvalue weighted by atomic mass is 9.99. The third-order valence-electron chi connectivity index (χ3n) is 5.14. The summed E-state index contributed by atoms with van der Waals surface area (Å²) in [5.74, 6) is -0.0879. The average Bonchev–Trinajstić information content (AvgIpc) is 3.03. The number of hydrogen-bond donors (Lipinski definition) is 0. The number of hydrogen-bond acceptors (Lipinski definition) is 3. The topological polar surface area (TPSA) is 15.7 Å². The second kappa shape index (κ2) is 7.73. The van der Waals surface area contributed by atoms with Gasteiger partial charge in [0.15, 0.2) is 0 Å². The minimum absolute atomic E-state index is 0.0879. The summed E-state index contributed by atoms with van der Waals surface area (Å²) in [6, 6.07) is 6.58. The predicted octanol–water partition coefficient (Wildman–Crippen LogP) is 3.25. The lowest BCUT2D eigenvalue weighted by molar-refractivity contribution is 0.0384. The summed E-state index contributed by atoms with van der Waals surface area (Å²) in [4.78, 5) is 4.91. The van der Waals surface area contributed by atoms with Crippen LogP contribution >= 0.6 is 0 Å². The number of morpholine rings is 1. The van der Waals surface area contributed by atoms with Crippen LogP contribution in [0, 0.1) is 5.82 Å². The van der Waals surface area contributed by atoms with Gasteiger partial charge in [0.1, 0.15) is 5.82 Å². The van der Waals surface area contributed by atoms with Crippen molar-refractivity contribution in [3.8, 4) is 0 Å². The molecule has 0 amide bonds. The second-order valence-corrected chi connectivity index (χ2v) is 7.09. The van der Waals surface area contributed by atoms with Gasteiger partial charge in [-0.3, -0.25) is 9.80 Å². The van der Waals surface area contributed by atoms with Crippen LogP contribution in [0.1, 0.15) is 43.9 Å². The summed E-state index contributed by atoms with van der Waals surface area (Å²) >= 11 is 0. The first-order valence-electron chi connectivity index (χ1n) is 8.98. The predicted molar refractivity (Wildman–Crippen MR) is 91.2 cm³/mol. The molecule has 0 saturated carbocycles. The monoisotopic (exact) mass is 320 g/mol. The molecule has 3 rings (SSSR count). The van der Waals surface area contributed by atoms with E-state index in [1.165, 1.54) is 6.42 Å². The van der Waals surface area contributed by atoms with Crippen molar-refractivity contribution in [2.24, 2.45) is 0 Å². The molecule has 2 saturated heterocycles. The molecule has 0 aromatic heterocycles. The molecule has 128 valence electrons. The highest BCUT2D eigenvalue weighted by Crippen LogP contribution is 2.34. The van der Waals surface area contributed by atoms with Crippen LogP contribution in [-0.4, -0.2) is 55.2 Å². The van der Waals surface area contributed by atoms with Crippen LogP contribution in [0.15, 0.2) is 18.2 Å². The van der Waals surface area contributed by atoms with Gasteiger partial charge < -0.3 is 4.74 Å². The van der Waals surface area contributed by atoms with Crippen LogP contribution in [0.25, 0.3) is 0 Å². The lowest BCUT2D eigenvalue weighted by Crippen LogP contribution is -2.37. The molecule has 0 N–H and O–H groups in total. The largest absolute Gasteiger partial charge is 0.379 e. The Morgan fingerprint density at radius 3 is 2.70 bits per heavy atom. The molecule has 1 unspecified atom stereocenters. The van der Waals surface area contributed by atoms with Gasteiger partial charge in [-0.05, 0) is 62.9 Å². The third kappa shape index (κ3) is 4.31. The van der Waals surface area contributed by atoms with E-state index < -0.39 is 0 Å². The van der Waals surface area contributed by atoms with E-state index in [0.29, 0.717) is 12.1 Å². The molecule has 4 heteroatoms. The molecule has 0 bridgehead atoms. The van der Waals surface area contributed by atoms with E-state index in [1.54, 1.807) is 12.1 Å². The van der Waals surface area contributed by atoms with Crippen LogP contribution < -0.4 is 0 Å². The number of benzene rings is 1. The maximum absolute atomic E-state index is 14.1. The zero-order valence-electron chi connectivity index (χ0n) is 14.4. The fourth-order valence-corrected chi connectivity index (χ4v) is 3.89. The minimum atomic E-state index is -0.0879. The summed E-state index contributed by atoms with van der Waals surface area (Å²) in [7, 11) is 0. The van der Waals surface area contributed by atoms with Crippen LogP contribution in [0.4, 0.5) is 4.39 Å². The Balaban J connectivity index is 1.68. The number of likely N-dealkylation sites (tertiary alicyclic amines) is 1. The van der Waals surface area contributed by atoms with E-state index in [4.69, 9.17) is 4.74 Å². The van der Waals surface area contributed by atoms with Crippen LogP contribution in [0.3, 0.4) is 0 Å². The van der Waals surface area contributed by atoms with Crippen molar-refractivity contribution >= 4 is 0 Å². The minimum Gasteiger partial charge on any atom is -0.379 e. The quantitative estimate of drug-likeness (QED) is 0.828. The van der Waals surface area contributed by atoms with Crippen LogP contribution in [-0.2, 0) is 11.2 Å². The molecule has 1 aromatic rings. The normalized spacial score (nSPS) is 23.7. The average molecular weight is 320 g/mol. The molecular formula is C19H29FN2O. The summed E-state index contributed by atoms with van der Waals surface area (Å²) in [5, 5.41) is 0. The molecule has 23 heavy (non-hydrogen) atoms. The molecule has 0 radical (unpaired) electrons.